The number of alkyl halides is 3. The topological polar surface area (TPSA) is 63.4 Å². The normalized spacial score (nSPS) is 16.9. The van der Waals surface area contributed by atoms with Crippen LogP contribution in [-0.4, -0.2) is 44.6 Å². The van der Waals surface area contributed by atoms with Crippen LogP contribution in [0.3, 0.4) is 0 Å². The summed E-state index contributed by atoms with van der Waals surface area (Å²) in [5, 5.41) is 6.24. The van der Waals surface area contributed by atoms with Gasteiger partial charge in [0.05, 0.1) is 28.0 Å². The molecule has 1 aliphatic rings. The second-order valence-corrected chi connectivity index (χ2v) is 8.22. The first-order chi connectivity index (χ1) is 14.9. The molecule has 4 aromatic rings. The molecule has 1 unspecified atom stereocenters. The predicted octanol–water partition coefficient (Wildman–Crippen LogP) is 4.86. The van der Waals surface area contributed by atoms with E-state index in [0.29, 0.717) is 29.6 Å². The highest BCUT2D eigenvalue weighted by Crippen LogP contribution is 2.36. The summed E-state index contributed by atoms with van der Waals surface area (Å²) in [6, 6.07) is 7.06. The Bertz CT molecular complexity index is 1250. The SMILES string of the molecule is O=Cc1cc(-c2cnn3ccc(-c4cccs4)nc23)nc(N2CCCC2C(F)(F)F)c1. The van der Waals surface area contributed by atoms with Crippen LogP contribution in [0.4, 0.5) is 19.0 Å². The fraction of sp³-hybridized carbons (Fsp3) is 0.238. The van der Waals surface area contributed by atoms with Crippen LogP contribution in [-0.2, 0) is 0 Å². The van der Waals surface area contributed by atoms with E-state index in [1.54, 1.807) is 34.3 Å². The number of fused-ring (bicyclic) bond motifs is 1. The number of nitrogens with zero attached hydrogens (tertiary/aromatic N) is 5. The number of hydrogen-bond donors (Lipinski definition) is 0. The number of carbonyl (C=O) groups excluding carboxylic acids is 1. The fourth-order valence-electron chi connectivity index (χ4n) is 3.88. The minimum absolute atomic E-state index is 0.00821. The fourth-order valence-corrected chi connectivity index (χ4v) is 4.58. The number of pyridine rings is 1. The van der Waals surface area contributed by atoms with Gasteiger partial charge in [-0.2, -0.15) is 18.3 Å². The zero-order valence-corrected chi connectivity index (χ0v) is 16.9. The first-order valence-electron chi connectivity index (χ1n) is 9.63. The van der Waals surface area contributed by atoms with Gasteiger partial charge in [0, 0.05) is 18.3 Å². The van der Waals surface area contributed by atoms with Crippen molar-refractivity contribution in [1.29, 1.82) is 0 Å². The van der Waals surface area contributed by atoms with Gasteiger partial charge in [0.1, 0.15) is 18.1 Å². The van der Waals surface area contributed by atoms with Crippen LogP contribution < -0.4 is 4.90 Å². The lowest BCUT2D eigenvalue weighted by Crippen LogP contribution is -2.41. The van der Waals surface area contributed by atoms with Gasteiger partial charge < -0.3 is 4.90 Å². The molecule has 158 valence electrons. The Morgan fingerprint density at radius 2 is 2.03 bits per heavy atom. The lowest BCUT2D eigenvalue weighted by atomic mass is 10.1. The molecule has 10 heteroatoms. The van der Waals surface area contributed by atoms with Crippen molar-refractivity contribution in [3.8, 4) is 21.8 Å². The molecule has 1 atom stereocenters. The van der Waals surface area contributed by atoms with E-state index in [1.807, 2.05) is 23.6 Å². The van der Waals surface area contributed by atoms with Gasteiger partial charge in [-0.05, 0) is 42.5 Å². The Morgan fingerprint density at radius 1 is 1.16 bits per heavy atom. The van der Waals surface area contributed by atoms with Crippen LogP contribution >= 0.6 is 11.3 Å². The van der Waals surface area contributed by atoms with Crippen molar-refractivity contribution in [1.82, 2.24) is 19.6 Å². The van der Waals surface area contributed by atoms with E-state index >= 15 is 0 Å². The van der Waals surface area contributed by atoms with Gasteiger partial charge >= 0.3 is 6.18 Å². The maximum absolute atomic E-state index is 13.5. The Labute approximate surface area is 179 Å². The van der Waals surface area contributed by atoms with Crippen molar-refractivity contribution in [3.05, 3.63) is 53.7 Å². The summed E-state index contributed by atoms with van der Waals surface area (Å²) >= 11 is 1.55. The van der Waals surface area contributed by atoms with Gasteiger partial charge in [0.25, 0.3) is 0 Å². The molecule has 5 heterocycles. The van der Waals surface area contributed by atoms with Crippen LogP contribution in [0.1, 0.15) is 23.2 Å². The second-order valence-electron chi connectivity index (χ2n) is 7.27. The van der Waals surface area contributed by atoms with Crippen LogP contribution in [0.2, 0.25) is 0 Å². The molecule has 1 aliphatic heterocycles. The average Bonchev–Trinajstić information content (AvgIpc) is 3.52. The van der Waals surface area contributed by atoms with Gasteiger partial charge in [0.15, 0.2) is 5.65 Å². The quantitative estimate of drug-likeness (QED) is 0.422. The highest BCUT2D eigenvalue weighted by molar-refractivity contribution is 7.13. The molecule has 31 heavy (non-hydrogen) atoms. The van der Waals surface area contributed by atoms with E-state index in [1.165, 1.54) is 11.0 Å². The van der Waals surface area contributed by atoms with Crippen molar-refractivity contribution in [3.63, 3.8) is 0 Å². The monoisotopic (exact) mass is 443 g/mol. The van der Waals surface area contributed by atoms with Crippen LogP contribution in [0.15, 0.2) is 48.1 Å². The van der Waals surface area contributed by atoms with E-state index in [-0.39, 0.29) is 24.3 Å². The number of hydrogen-bond acceptors (Lipinski definition) is 6. The molecule has 0 bridgehead atoms. The van der Waals surface area contributed by atoms with Crippen LogP contribution in [0, 0.1) is 0 Å². The molecule has 0 aliphatic carbocycles. The second kappa shape index (κ2) is 7.45. The van der Waals surface area contributed by atoms with E-state index in [4.69, 9.17) is 0 Å². The Kier molecular flexibility index (Phi) is 4.73. The minimum atomic E-state index is -4.36. The molecule has 0 spiro atoms. The van der Waals surface area contributed by atoms with Gasteiger partial charge in [0.2, 0.25) is 0 Å². The van der Waals surface area contributed by atoms with Crippen LogP contribution in [0.25, 0.3) is 27.5 Å². The van der Waals surface area contributed by atoms with Crippen LogP contribution in [0.5, 0.6) is 0 Å². The lowest BCUT2D eigenvalue weighted by molar-refractivity contribution is -0.146. The molecule has 0 saturated carbocycles. The Hall–Kier alpha value is -3.27. The van der Waals surface area contributed by atoms with Gasteiger partial charge in [-0.3, -0.25) is 4.79 Å². The summed E-state index contributed by atoms with van der Waals surface area (Å²) in [6.07, 6.45) is 0.00185. The third-order valence-electron chi connectivity index (χ3n) is 5.31. The first kappa shape index (κ1) is 19.7. The zero-order chi connectivity index (χ0) is 21.6. The van der Waals surface area contributed by atoms with Gasteiger partial charge in [-0.1, -0.05) is 6.07 Å². The highest BCUT2D eigenvalue weighted by Gasteiger charge is 2.46. The van der Waals surface area contributed by atoms with Gasteiger partial charge in [-0.15, -0.1) is 11.3 Å². The molecular weight excluding hydrogens is 427 g/mol. The maximum Gasteiger partial charge on any atom is 0.408 e. The van der Waals surface area contributed by atoms with Crippen molar-refractivity contribution in [2.45, 2.75) is 25.1 Å². The summed E-state index contributed by atoms with van der Waals surface area (Å²) in [7, 11) is 0. The number of halogens is 3. The van der Waals surface area contributed by atoms with Gasteiger partial charge in [-0.25, -0.2) is 14.5 Å². The molecule has 0 aromatic carbocycles. The number of anilines is 1. The van der Waals surface area contributed by atoms with E-state index in [2.05, 4.69) is 15.1 Å². The molecular formula is C21H16F3N5OS. The average molecular weight is 443 g/mol. The number of aromatic nitrogens is 4. The largest absolute Gasteiger partial charge is 0.408 e. The van der Waals surface area contributed by atoms with Crippen molar-refractivity contribution in [2.75, 3.05) is 11.4 Å². The number of aldehydes is 1. The summed E-state index contributed by atoms with van der Waals surface area (Å²) in [4.78, 5) is 22.9. The summed E-state index contributed by atoms with van der Waals surface area (Å²) in [6.45, 7) is 0.231. The molecule has 0 amide bonds. The molecule has 6 nitrogen and oxygen atoms in total. The molecule has 0 radical (unpaired) electrons. The molecule has 1 saturated heterocycles. The molecule has 4 aromatic heterocycles. The third-order valence-corrected chi connectivity index (χ3v) is 6.21. The van der Waals surface area contributed by atoms with E-state index in [9.17, 15) is 18.0 Å². The standard InChI is InChI=1S/C21H16F3N5OS/c22-21(23,24)18-4-1-6-28(18)19-10-13(12-30)9-16(26-19)14-11-25-29-7-5-15(27-20(14)29)17-3-2-8-31-17/h2-3,5,7-12,18H,1,4,6H2. The van der Waals surface area contributed by atoms with Crippen molar-refractivity contribution >= 4 is 29.1 Å². The smallest absolute Gasteiger partial charge is 0.345 e. The Balaban J connectivity index is 1.62. The van der Waals surface area contributed by atoms with Crippen molar-refractivity contribution < 1.29 is 18.0 Å². The molecule has 0 N–H and O–H groups in total. The molecule has 1 fully saturated rings. The number of rotatable bonds is 4. The zero-order valence-electron chi connectivity index (χ0n) is 16.1. The summed E-state index contributed by atoms with van der Waals surface area (Å²) in [5.74, 6) is 0.133. The number of thiophene rings is 1. The van der Waals surface area contributed by atoms with E-state index < -0.39 is 12.2 Å². The summed E-state index contributed by atoms with van der Waals surface area (Å²) < 4.78 is 42.0. The molecule has 5 rings (SSSR count). The number of carbonyl (C=O) groups is 1. The lowest BCUT2D eigenvalue weighted by Gasteiger charge is -2.28. The highest BCUT2D eigenvalue weighted by atomic mass is 32.1. The minimum Gasteiger partial charge on any atom is -0.345 e. The third kappa shape index (κ3) is 3.56. The van der Waals surface area contributed by atoms with E-state index in [0.717, 1.165) is 10.6 Å². The summed E-state index contributed by atoms with van der Waals surface area (Å²) in [5.41, 5.74) is 2.43. The maximum atomic E-state index is 13.5. The Morgan fingerprint density at radius 3 is 2.77 bits per heavy atom. The predicted molar refractivity (Wildman–Crippen MR) is 111 cm³/mol. The van der Waals surface area contributed by atoms with Crippen molar-refractivity contribution in [2.24, 2.45) is 0 Å². The first-order valence-corrected chi connectivity index (χ1v) is 10.5.